The molecule has 0 radical (unpaired) electrons. The molecule has 8 heteroatoms. The van der Waals surface area contributed by atoms with Crippen LogP contribution in [0.4, 0.5) is 0 Å². The van der Waals surface area contributed by atoms with E-state index in [9.17, 15) is 19.6 Å². The van der Waals surface area contributed by atoms with Gasteiger partial charge in [-0.1, -0.05) is 5.57 Å². The number of carbonyl (C=O) groups excluding carboxylic acids is 1. The Morgan fingerprint density at radius 1 is 1.32 bits per heavy atom. The second kappa shape index (κ2) is 8.22. The first kappa shape index (κ1) is 17.1. The molecule has 0 aliphatic rings. The molecule has 5 N–H and O–H groups in total. The van der Waals surface area contributed by atoms with E-state index < -0.39 is 23.9 Å². The fraction of sp³-hybridized carbons (Fsp3) is 0.545. The lowest BCUT2D eigenvalue weighted by Crippen LogP contribution is -2.32. The smallest absolute Gasteiger partial charge is 0.320 e. The Bertz CT molecular complexity index is 379. The summed E-state index contributed by atoms with van der Waals surface area (Å²) in [4.78, 5) is 32.2. The fourth-order valence-electron chi connectivity index (χ4n) is 1.27. The third-order valence-corrected chi connectivity index (χ3v) is 2.26. The van der Waals surface area contributed by atoms with Gasteiger partial charge in [-0.2, -0.15) is 0 Å². The van der Waals surface area contributed by atoms with Crippen molar-refractivity contribution >= 4 is 17.8 Å². The minimum atomic E-state index is -1.15. The van der Waals surface area contributed by atoms with E-state index >= 15 is 0 Å². The van der Waals surface area contributed by atoms with Crippen molar-refractivity contribution in [1.82, 2.24) is 5.06 Å². The average Bonchev–Trinajstić information content (AvgIpc) is 2.26. The number of nitrogens with two attached hydrogens (primary N) is 1. The average molecular weight is 274 g/mol. The first-order valence-electron chi connectivity index (χ1n) is 5.61. The largest absolute Gasteiger partial charge is 0.481 e. The summed E-state index contributed by atoms with van der Waals surface area (Å²) < 4.78 is 0. The number of hydrogen-bond acceptors (Lipinski definition) is 5. The van der Waals surface area contributed by atoms with E-state index in [-0.39, 0.29) is 25.8 Å². The van der Waals surface area contributed by atoms with E-state index in [1.165, 1.54) is 6.92 Å². The molecular formula is C11H18N2O6. The van der Waals surface area contributed by atoms with Crippen LogP contribution in [0.5, 0.6) is 0 Å². The first-order valence-corrected chi connectivity index (χ1v) is 5.61. The number of hydroxylamine groups is 2. The molecule has 8 nitrogen and oxygen atoms in total. The highest BCUT2D eigenvalue weighted by Crippen LogP contribution is 2.03. The van der Waals surface area contributed by atoms with Crippen LogP contribution in [0, 0.1) is 0 Å². The van der Waals surface area contributed by atoms with Gasteiger partial charge in [0.1, 0.15) is 6.04 Å². The molecule has 0 aliphatic heterocycles. The third-order valence-electron chi connectivity index (χ3n) is 2.26. The van der Waals surface area contributed by atoms with Crippen molar-refractivity contribution in [2.45, 2.75) is 32.2 Å². The number of nitrogens with zero attached hydrogens (tertiary/aromatic N) is 1. The molecule has 0 saturated carbocycles. The Kier molecular flexibility index (Phi) is 7.39. The van der Waals surface area contributed by atoms with Crippen LogP contribution in [0.15, 0.2) is 11.6 Å². The summed E-state index contributed by atoms with van der Waals surface area (Å²) in [5.41, 5.74) is 5.56. The predicted molar refractivity (Wildman–Crippen MR) is 64.4 cm³/mol. The maximum absolute atomic E-state index is 11.4. The zero-order chi connectivity index (χ0) is 15.0. The first-order chi connectivity index (χ1) is 8.73. The maximum atomic E-state index is 11.4. The van der Waals surface area contributed by atoms with E-state index in [2.05, 4.69) is 0 Å². The molecule has 0 aromatic heterocycles. The van der Waals surface area contributed by atoms with Gasteiger partial charge in [0.05, 0.1) is 6.42 Å². The normalized spacial score (nSPS) is 12.9. The van der Waals surface area contributed by atoms with Gasteiger partial charge in [-0.25, -0.2) is 5.06 Å². The molecule has 0 fully saturated rings. The summed E-state index contributed by atoms with van der Waals surface area (Å²) in [6.07, 6.45) is 1.08. The standard InChI is InChI=1S/C11H18N2O6/c1-7(6-10(15)16)5-9(14)13(19)4-2-3-8(12)11(17)18/h5,8,19H,2-4,6,12H2,1H3,(H,15,16)(H,17,18)/b7-5+. The van der Waals surface area contributed by atoms with Crippen molar-refractivity contribution in [3.8, 4) is 0 Å². The quantitative estimate of drug-likeness (QED) is 0.273. The molecule has 0 aromatic rings. The van der Waals surface area contributed by atoms with Crippen LogP contribution in [0.25, 0.3) is 0 Å². The number of amides is 1. The van der Waals surface area contributed by atoms with E-state index in [0.717, 1.165) is 6.08 Å². The molecule has 0 rings (SSSR count). The highest BCUT2D eigenvalue weighted by atomic mass is 16.5. The topological polar surface area (TPSA) is 141 Å². The van der Waals surface area contributed by atoms with Crippen LogP contribution in [-0.4, -0.2) is 50.9 Å². The van der Waals surface area contributed by atoms with Gasteiger partial charge in [0.25, 0.3) is 5.91 Å². The molecular weight excluding hydrogens is 256 g/mol. The Morgan fingerprint density at radius 2 is 1.89 bits per heavy atom. The van der Waals surface area contributed by atoms with Gasteiger partial charge in [-0.3, -0.25) is 19.6 Å². The van der Waals surface area contributed by atoms with Crippen molar-refractivity contribution in [3.63, 3.8) is 0 Å². The Labute approximate surface area is 110 Å². The number of carboxylic acid groups (broad SMARTS) is 2. The second-order valence-corrected chi connectivity index (χ2v) is 4.11. The van der Waals surface area contributed by atoms with Gasteiger partial charge in [0.2, 0.25) is 0 Å². The van der Waals surface area contributed by atoms with E-state index in [0.29, 0.717) is 10.6 Å². The van der Waals surface area contributed by atoms with Crippen molar-refractivity contribution in [2.24, 2.45) is 5.73 Å². The van der Waals surface area contributed by atoms with Crippen molar-refractivity contribution in [2.75, 3.05) is 6.54 Å². The lowest BCUT2D eigenvalue weighted by Gasteiger charge is -2.14. The Balaban J connectivity index is 4.14. The third kappa shape index (κ3) is 7.90. The molecule has 0 spiro atoms. The van der Waals surface area contributed by atoms with Gasteiger partial charge in [0, 0.05) is 12.6 Å². The number of carbonyl (C=O) groups is 3. The molecule has 1 amide bonds. The van der Waals surface area contributed by atoms with Crippen LogP contribution in [0.1, 0.15) is 26.2 Å². The van der Waals surface area contributed by atoms with Gasteiger partial charge in [-0.05, 0) is 19.8 Å². The van der Waals surface area contributed by atoms with Crippen LogP contribution in [0.2, 0.25) is 0 Å². The molecule has 0 aromatic carbocycles. The molecule has 1 unspecified atom stereocenters. The number of aliphatic carboxylic acids is 2. The molecule has 108 valence electrons. The van der Waals surface area contributed by atoms with Gasteiger partial charge >= 0.3 is 11.9 Å². The number of rotatable bonds is 8. The molecule has 0 aliphatic carbocycles. The summed E-state index contributed by atoms with van der Waals surface area (Å²) >= 11 is 0. The minimum Gasteiger partial charge on any atom is -0.481 e. The number of hydrogen-bond donors (Lipinski definition) is 4. The van der Waals surface area contributed by atoms with Crippen LogP contribution in [0.3, 0.4) is 0 Å². The zero-order valence-corrected chi connectivity index (χ0v) is 10.6. The van der Waals surface area contributed by atoms with Gasteiger partial charge in [0.15, 0.2) is 0 Å². The van der Waals surface area contributed by atoms with Gasteiger partial charge in [-0.15, -0.1) is 0 Å². The summed E-state index contributed by atoms with van der Waals surface area (Å²) in [5, 5.41) is 26.8. The van der Waals surface area contributed by atoms with Crippen molar-refractivity contribution < 1.29 is 29.8 Å². The van der Waals surface area contributed by atoms with Crippen LogP contribution in [-0.2, 0) is 14.4 Å². The predicted octanol–water partition coefficient (Wildman–Crippen LogP) is -0.183. The molecule has 0 saturated heterocycles. The molecule has 19 heavy (non-hydrogen) atoms. The summed E-state index contributed by atoms with van der Waals surface area (Å²) in [7, 11) is 0. The fourth-order valence-corrected chi connectivity index (χ4v) is 1.27. The highest BCUT2D eigenvalue weighted by Gasteiger charge is 2.13. The Morgan fingerprint density at radius 3 is 2.37 bits per heavy atom. The minimum absolute atomic E-state index is 0.0728. The van der Waals surface area contributed by atoms with Crippen molar-refractivity contribution in [3.05, 3.63) is 11.6 Å². The summed E-state index contributed by atoms with van der Waals surface area (Å²) in [6, 6.07) is -1.03. The molecule has 1 atom stereocenters. The van der Waals surface area contributed by atoms with Crippen LogP contribution >= 0.6 is 0 Å². The summed E-state index contributed by atoms with van der Waals surface area (Å²) in [5.74, 6) is -2.96. The van der Waals surface area contributed by atoms with E-state index in [4.69, 9.17) is 15.9 Å². The summed E-state index contributed by atoms with van der Waals surface area (Å²) in [6.45, 7) is 1.39. The van der Waals surface area contributed by atoms with Crippen molar-refractivity contribution in [1.29, 1.82) is 0 Å². The SMILES string of the molecule is C/C(=C\C(=O)N(O)CCCC(N)C(=O)O)CC(=O)O. The van der Waals surface area contributed by atoms with Crippen LogP contribution < -0.4 is 5.73 Å². The highest BCUT2D eigenvalue weighted by molar-refractivity contribution is 5.88. The molecule has 0 heterocycles. The zero-order valence-electron chi connectivity index (χ0n) is 10.6. The maximum Gasteiger partial charge on any atom is 0.320 e. The van der Waals surface area contributed by atoms with E-state index in [1.54, 1.807) is 0 Å². The lowest BCUT2D eigenvalue weighted by atomic mass is 10.1. The lowest BCUT2D eigenvalue weighted by molar-refractivity contribution is -0.159. The van der Waals surface area contributed by atoms with Gasteiger partial charge < -0.3 is 15.9 Å². The Hall–Kier alpha value is -1.93. The monoisotopic (exact) mass is 274 g/mol. The molecule has 0 bridgehead atoms. The number of carboxylic acids is 2. The second-order valence-electron chi connectivity index (χ2n) is 4.11. The van der Waals surface area contributed by atoms with E-state index in [1.807, 2.05) is 0 Å².